The Kier molecular flexibility index (Phi) is 5.85. The van der Waals surface area contributed by atoms with Crippen LogP contribution >= 0.6 is 0 Å². The number of aliphatic carboxylic acids is 1. The largest absolute Gasteiger partial charge is 0.481 e. The molecule has 1 saturated heterocycles. The first-order chi connectivity index (χ1) is 9.63. The molecule has 1 heterocycles. The van der Waals surface area contributed by atoms with Gasteiger partial charge >= 0.3 is 5.97 Å². The van der Waals surface area contributed by atoms with Gasteiger partial charge < -0.3 is 9.84 Å². The number of carbonyl (C=O) groups is 1. The Morgan fingerprint density at radius 3 is 2.55 bits per heavy atom. The van der Waals surface area contributed by atoms with Crippen molar-refractivity contribution in [3.63, 3.8) is 0 Å². The van der Waals surface area contributed by atoms with Crippen LogP contribution in [0, 0.1) is 11.8 Å². The molecule has 0 spiro atoms. The highest BCUT2D eigenvalue weighted by atomic mass is 16.5. The van der Waals surface area contributed by atoms with E-state index in [1.807, 2.05) is 0 Å². The van der Waals surface area contributed by atoms with Crippen LogP contribution in [0.2, 0.25) is 0 Å². The molecule has 1 aliphatic heterocycles. The lowest BCUT2D eigenvalue weighted by atomic mass is 9.75. The Morgan fingerprint density at radius 1 is 1.25 bits per heavy atom. The normalized spacial score (nSPS) is 32.5. The number of nitrogens with zero attached hydrogens (tertiary/aromatic N) is 1. The van der Waals surface area contributed by atoms with E-state index in [2.05, 4.69) is 18.9 Å². The molecule has 1 aliphatic carbocycles. The molecule has 3 unspecified atom stereocenters. The lowest BCUT2D eigenvalue weighted by molar-refractivity contribution is -0.147. The van der Waals surface area contributed by atoms with Crippen molar-refractivity contribution in [1.82, 2.24) is 4.90 Å². The topological polar surface area (TPSA) is 49.8 Å². The molecule has 2 fully saturated rings. The van der Waals surface area contributed by atoms with E-state index in [4.69, 9.17) is 4.74 Å². The zero-order chi connectivity index (χ0) is 14.5. The van der Waals surface area contributed by atoms with E-state index < -0.39 is 5.97 Å². The average Bonchev–Trinajstić information content (AvgIpc) is 2.47. The Bertz CT molecular complexity index is 315. The van der Waals surface area contributed by atoms with Crippen molar-refractivity contribution in [2.45, 2.75) is 64.0 Å². The monoisotopic (exact) mass is 283 g/mol. The summed E-state index contributed by atoms with van der Waals surface area (Å²) in [5.41, 5.74) is 0. The molecule has 0 aromatic heterocycles. The third-order valence-electron chi connectivity index (χ3n) is 5.23. The molecule has 20 heavy (non-hydrogen) atoms. The van der Waals surface area contributed by atoms with Gasteiger partial charge in [0.15, 0.2) is 0 Å². The molecule has 4 heteroatoms. The smallest absolute Gasteiger partial charge is 0.308 e. The third-order valence-corrected chi connectivity index (χ3v) is 5.23. The molecular weight excluding hydrogens is 254 g/mol. The number of carboxylic acid groups (broad SMARTS) is 1. The average molecular weight is 283 g/mol. The Morgan fingerprint density at radius 2 is 1.95 bits per heavy atom. The van der Waals surface area contributed by atoms with E-state index in [1.54, 1.807) is 0 Å². The number of rotatable bonds is 5. The number of ether oxygens (including phenoxy) is 1. The van der Waals surface area contributed by atoms with Gasteiger partial charge in [-0.1, -0.05) is 19.8 Å². The highest BCUT2D eigenvalue weighted by molar-refractivity contribution is 5.71. The molecule has 1 N–H and O–H groups in total. The lowest BCUT2D eigenvalue weighted by Gasteiger charge is -2.44. The summed E-state index contributed by atoms with van der Waals surface area (Å²) in [6.45, 7) is 3.86. The summed E-state index contributed by atoms with van der Waals surface area (Å²) < 4.78 is 5.43. The van der Waals surface area contributed by atoms with Gasteiger partial charge in [0.2, 0.25) is 0 Å². The maximum absolute atomic E-state index is 11.6. The van der Waals surface area contributed by atoms with Crippen LogP contribution in [0.15, 0.2) is 0 Å². The van der Waals surface area contributed by atoms with E-state index in [9.17, 15) is 9.90 Å². The second kappa shape index (κ2) is 7.41. The van der Waals surface area contributed by atoms with Crippen LogP contribution in [0.3, 0.4) is 0 Å². The first kappa shape index (κ1) is 15.8. The predicted molar refractivity (Wildman–Crippen MR) is 78.8 cm³/mol. The minimum Gasteiger partial charge on any atom is -0.481 e. The quantitative estimate of drug-likeness (QED) is 0.843. The van der Waals surface area contributed by atoms with Crippen LogP contribution < -0.4 is 0 Å². The van der Waals surface area contributed by atoms with Gasteiger partial charge in [0.1, 0.15) is 0 Å². The Hall–Kier alpha value is -0.610. The maximum Gasteiger partial charge on any atom is 0.308 e. The second-order valence-electron chi connectivity index (χ2n) is 6.49. The first-order valence-electron chi connectivity index (χ1n) is 8.16. The molecule has 4 nitrogen and oxygen atoms in total. The summed E-state index contributed by atoms with van der Waals surface area (Å²) in [5, 5.41) is 9.52. The number of hydrogen-bond acceptors (Lipinski definition) is 3. The van der Waals surface area contributed by atoms with Crippen molar-refractivity contribution in [2.75, 3.05) is 20.3 Å². The Labute approximate surface area is 122 Å². The molecular formula is C16H29NO3. The van der Waals surface area contributed by atoms with Crippen LogP contribution in [0.1, 0.15) is 51.9 Å². The number of hydrogen-bond donors (Lipinski definition) is 1. The summed E-state index contributed by atoms with van der Waals surface area (Å²) in [5.74, 6) is -0.0808. The van der Waals surface area contributed by atoms with Crippen molar-refractivity contribution >= 4 is 5.97 Å². The molecule has 2 rings (SSSR count). The third kappa shape index (κ3) is 3.73. The van der Waals surface area contributed by atoms with Crippen molar-refractivity contribution in [3.05, 3.63) is 0 Å². The summed E-state index contributed by atoms with van der Waals surface area (Å²) >= 11 is 0. The van der Waals surface area contributed by atoms with Gasteiger partial charge in [-0.2, -0.15) is 0 Å². The Balaban J connectivity index is 2.03. The predicted octanol–water partition coefficient (Wildman–Crippen LogP) is 2.77. The summed E-state index contributed by atoms with van der Waals surface area (Å²) in [4.78, 5) is 13.9. The van der Waals surface area contributed by atoms with Crippen LogP contribution in [-0.4, -0.2) is 48.3 Å². The molecule has 0 amide bonds. The first-order valence-corrected chi connectivity index (χ1v) is 8.16. The highest BCUT2D eigenvalue weighted by Gasteiger charge is 2.39. The van der Waals surface area contributed by atoms with Crippen LogP contribution in [-0.2, 0) is 9.53 Å². The van der Waals surface area contributed by atoms with Crippen molar-refractivity contribution < 1.29 is 14.6 Å². The zero-order valence-corrected chi connectivity index (χ0v) is 12.9. The maximum atomic E-state index is 11.6. The van der Waals surface area contributed by atoms with Gasteiger partial charge in [0, 0.05) is 25.3 Å². The summed E-state index contributed by atoms with van der Waals surface area (Å²) in [7, 11) is 2.13. The van der Waals surface area contributed by atoms with Gasteiger partial charge in [-0.05, 0) is 45.1 Å². The van der Waals surface area contributed by atoms with E-state index >= 15 is 0 Å². The van der Waals surface area contributed by atoms with Gasteiger partial charge in [-0.15, -0.1) is 0 Å². The SMILES string of the molecule is CCCC1CCC(C(=O)O)C(N(C)C2CCOCC2)C1. The van der Waals surface area contributed by atoms with Crippen molar-refractivity contribution in [3.8, 4) is 0 Å². The van der Waals surface area contributed by atoms with Gasteiger partial charge in [-0.3, -0.25) is 9.69 Å². The minimum atomic E-state index is -0.608. The van der Waals surface area contributed by atoms with Gasteiger partial charge in [0.25, 0.3) is 0 Å². The molecule has 2 aliphatic rings. The zero-order valence-electron chi connectivity index (χ0n) is 12.9. The summed E-state index contributed by atoms with van der Waals surface area (Å²) in [6, 6.07) is 0.705. The number of carboxylic acids is 1. The van der Waals surface area contributed by atoms with E-state index in [1.165, 1.54) is 12.8 Å². The molecule has 0 radical (unpaired) electrons. The van der Waals surface area contributed by atoms with Crippen molar-refractivity contribution in [2.24, 2.45) is 11.8 Å². The molecule has 116 valence electrons. The van der Waals surface area contributed by atoms with Crippen LogP contribution in [0.25, 0.3) is 0 Å². The fourth-order valence-electron chi connectivity index (χ4n) is 4.00. The lowest BCUT2D eigenvalue weighted by Crippen LogP contribution is -2.50. The molecule has 1 saturated carbocycles. The minimum absolute atomic E-state index is 0.184. The highest BCUT2D eigenvalue weighted by Crippen LogP contribution is 2.36. The molecule has 0 aromatic carbocycles. The van der Waals surface area contributed by atoms with Gasteiger partial charge in [-0.25, -0.2) is 0 Å². The van der Waals surface area contributed by atoms with E-state index in [0.29, 0.717) is 12.0 Å². The second-order valence-corrected chi connectivity index (χ2v) is 6.49. The molecule has 0 bridgehead atoms. The summed E-state index contributed by atoms with van der Waals surface area (Å²) in [6.07, 6.45) is 7.51. The fraction of sp³-hybridized carbons (Fsp3) is 0.938. The standard InChI is InChI=1S/C16H29NO3/c1-3-4-12-5-6-14(16(18)19)15(11-12)17(2)13-7-9-20-10-8-13/h12-15H,3-11H2,1-2H3,(H,18,19). The molecule has 0 aromatic rings. The van der Waals surface area contributed by atoms with Crippen LogP contribution in [0.4, 0.5) is 0 Å². The van der Waals surface area contributed by atoms with Crippen molar-refractivity contribution in [1.29, 1.82) is 0 Å². The van der Waals surface area contributed by atoms with E-state index in [0.717, 1.165) is 45.3 Å². The van der Waals surface area contributed by atoms with Gasteiger partial charge in [0.05, 0.1) is 5.92 Å². The van der Waals surface area contributed by atoms with E-state index in [-0.39, 0.29) is 12.0 Å². The van der Waals surface area contributed by atoms with Crippen LogP contribution in [0.5, 0.6) is 0 Å². The fourth-order valence-corrected chi connectivity index (χ4v) is 4.00. The molecule has 3 atom stereocenters.